The number of aliphatic hydroxyl groups is 1. The highest BCUT2D eigenvalue weighted by atomic mass is 19.1. The van der Waals surface area contributed by atoms with Gasteiger partial charge < -0.3 is 25.2 Å². The average molecular weight is 548 g/mol. The summed E-state index contributed by atoms with van der Waals surface area (Å²) in [5, 5.41) is 25.1. The summed E-state index contributed by atoms with van der Waals surface area (Å²) < 4.78 is 21.1. The van der Waals surface area contributed by atoms with Crippen molar-refractivity contribution in [3.8, 4) is 11.8 Å². The molecule has 3 aliphatic heterocycles. The van der Waals surface area contributed by atoms with E-state index in [4.69, 9.17) is 9.72 Å². The maximum absolute atomic E-state index is 14.9. The smallest absolute Gasteiger partial charge is 0.318 e. The Morgan fingerprint density at radius 3 is 2.60 bits per heavy atom. The molecule has 9 nitrogen and oxygen atoms in total. The van der Waals surface area contributed by atoms with Crippen molar-refractivity contribution >= 4 is 28.2 Å². The number of aliphatic hydroxyl groups excluding tert-OH is 1. The molecular formula is C30H34FN5O4. The third-order valence-electron chi connectivity index (χ3n) is 9.33. The molecule has 4 heterocycles. The number of nitrogens with zero attached hydrogens (tertiary/aromatic N) is 4. The minimum atomic E-state index is -0.518. The maximum atomic E-state index is 14.9. The summed E-state index contributed by atoms with van der Waals surface area (Å²) in [5.41, 5.74) is 1.23. The van der Waals surface area contributed by atoms with Crippen LogP contribution in [0.2, 0.25) is 0 Å². The molecule has 0 atom stereocenters. The number of fused-ring (bicyclic) bond motifs is 3. The minimum Gasteiger partial charge on any atom is -0.508 e. The Balaban J connectivity index is 1.28. The molecule has 1 aliphatic carbocycles. The van der Waals surface area contributed by atoms with Gasteiger partial charge in [0.05, 0.1) is 35.6 Å². The molecule has 0 unspecified atom stereocenters. The molecule has 1 aromatic heterocycles. The highest BCUT2D eigenvalue weighted by molar-refractivity contribution is 6.16. The van der Waals surface area contributed by atoms with Crippen LogP contribution < -0.4 is 15.0 Å². The van der Waals surface area contributed by atoms with Crippen molar-refractivity contribution in [2.24, 2.45) is 0 Å². The molecule has 4 aliphatic rings. The number of benzene rings is 2. The highest BCUT2D eigenvalue weighted by Gasteiger charge is 2.47. The van der Waals surface area contributed by atoms with Crippen LogP contribution in [0.25, 0.3) is 10.8 Å². The molecule has 0 bridgehead atoms. The number of phenols is 1. The van der Waals surface area contributed by atoms with Crippen LogP contribution >= 0.6 is 0 Å². The summed E-state index contributed by atoms with van der Waals surface area (Å²) in [6, 6.07) is 6.30. The Bertz CT molecular complexity index is 1510. The van der Waals surface area contributed by atoms with Crippen LogP contribution in [0.1, 0.15) is 67.1 Å². The summed E-state index contributed by atoms with van der Waals surface area (Å²) in [6.45, 7) is 4.58. The van der Waals surface area contributed by atoms with Gasteiger partial charge in [0.2, 0.25) is 0 Å². The molecule has 3 aromatic rings. The lowest BCUT2D eigenvalue weighted by atomic mass is 9.95. The van der Waals surface area contributed by atoms with E-state index in [0.717, 1.165) is 51.6 Å². The molecule has 3 fully saturated rings. The Morgan fingerprint density at radius 2 is 1.90 bits per heavy atom. The number of phenolic OH excluding ortho intramolecular Hbond substituents is 1. The highest BCUT2D eigenvalue weighted by Crippen LogP contribution is 2.44. The third kappa shape index (κ3) is 3.99. The van der Waals surface area contributed by atoms with Gasteiger partial charge in [-0.3, -0.25) is 9.69 Å². The van der Waals surface area contributed by atoms with E-state index >= 15 is 0 Å². The molecule has 0 radical (unpaired) electrons. The fourth-order valence-electron chi connectivity index (χ4n) is 6.95. The van der Waals surface area contributed by atoms with Crippen LogP contribution in [0.5, 0.6) is 11.8 Å². The first-order chi connectivity index (χ1) is 19.4. The zero-order valence-corrected chi connectivity index (χ0v) is 22.7. The number of anilines is 2. The van der Waals surface area contributed by atoms with Crippen LogP contribution in [0.4, 0.5) is 15.9 Å². The Hall–Kier alpha value is -3.50. The number of carbonyl (C=O) groups is 1. The summed E-state index contributed by atoms with van der Waals surface area (Å²) in [4.78, 5) is 27.4. The van der Waals surface area contributed by atoms with Crippen molar-refractivity contribution < 1.29 is 24.1 Å². The van der Waals surface area contributed by atoms with Gasteiger partial charge in [0.25, 0.3) is 5.91 Å². The number of halogens is 1. The first kappa shape index (κ1) is 25.5. The van der Waals surface area contributed by atoms with Crippen molar-refractivity contribution in [1.82, 2.24) is 14.9 Å². The molecule has 1 amide bonds. The number of hydrogen-bond acceptors (Lipinski definition) is 8. The fourth-order valence-corrected chi connectivity index (χ4v) is 6.95. The van der Waals surface area contributed by atoms with Gasteiger partial charge in [-0.25, -0.2) is 4.39 Å². The first-order valence-corrected chi connectivity index (χ1v) is 14.3. The second-order valence-electron chi connectivity index (χ2n) is 11.8. The molecule has 7 rings (SSSR count). The van der Waals surface area contributed by atoms with Crippen molar-refractivity contribution in [3.05, 3.63) is 46.9 Å². The standard InChI is InChI=1S/C30H34FN5O4/c1-2-20-21(31)6-5-18-13-19(38)14-23(24(18)20)36-15-22-25(27(36)39)26(34-29(16-37)9-10-29)33-28(32-22)40-17-30-7-3-11-35(30)12-4-8-30/h5-6,13-14,37-38H,2-4,7-12,15-17H2,1H3,(H,32,33,34). The molecule has 2 aromatic carbocycles. The number of rotatable bonds is 8. The number of aromatic nitrogens is 2. The molecule has 210 valence electrons. The Morgan fingerprint density at radius 1 is 1.12 bits per heavy atom. The van der Waals surface area contributed by atoms with Gasteiger partial charge in [-0.05, 0) is 81.1 Å². The van der Waals surface area contributed by atoms with Crippen LogP contribution in [0, 0.1) is 5.82 Å². The fraction of sp³-hybridized carbons (Fsp3) is 0.500. The second-order valence-corrected chi connectivity index (χ2v) is 11.8. The lowest BCUT2D eigenvalue weighted by molar-refractivity contribution is 0.0996. The number of amides is 1. The van der Waals surface area contributed by atoms with Crippen LogP contribution in [-0.4, -0.2) is 68.4 Å². The lowest BCUT2D eigenvalue weighted by Crippen LogP contribution is -2.43. The Kier molecular flexibility index (Phi) is 5.90. The predicted molar refractivity (Wildman–Crippen MR) is 148 cm³/mol. The van der Waals surface area contributed by atoms with Crippen LogP contribution in [0.15, 0.2) is 24.3 Å². The van der Waals surface area contributed by atoms with E-state index in [0.29, 0.717) is 52.1 Å². The summed E-state index contributed by atoms with van der Waals surface area (Å²) in [6.07, 6.45) is 6.45. The summed E-state index contributed by atoms with van der Waals surface area (Å²) in [7, 11) is 0. The van der Waals surface area contributed by atoms with E-state index in [2.05, 4.69) is 15.2 Å². The second kappa shape index (κ2) is 9.27. The zero-order chi connectivity index (χ0) is 27.6. The van der Waals surface area contributed by atoms with Gasteiger partial charge in [0, 0.05) is 11.5 Å². The zero-order valence-electron chi connectivity index (χ0n) is 22.7. The predicted octanol–water partition coefficient (Wildman–Crippen LogP) is 4.14. The van der Waals surface area contributed by atoms with Gasteiger partial charge in [0.1, 0.15) is 29.6 Å². The van der Waals surface area contributed by atoms with Gasteiger partial charge >= 0.3 is 6.01 Å². The number of aryl methyl sites for hydroxylation is 1. The van der Waals surface area contributed by atoms with Crippen molar-refractivity contribution in [3.63, 3.8) is 0 Å². The van der Waals surface area contributed by atoms with E-state index < -0.39 is 5.54 Å². The quantitative estimate of drug-likeness (QED) is 0.386. The minimum absolute atomic E-state index is 0.0116. The van der Waals surface area contributed by atoms with Gasteiger partial charge in [-0.1, -0.05) is 13.0 Å². The van der Waals surface area contributed by atoms with Gasteiger partial charge in [-0.2, -0.15) is 9.97 Å². The van der Waals surface area contributed by atoms with Gasteiger partial charge in [0.15, 0.2) is 0 Å². The number of carbonyl (C=O) groups excluding carboxylic acids is 1. The van der Waals surface area contributed by atoms with Crippen LogP contribution in [-0.2, 0) is 13.0 Å². The molecule has 10 heteroatoms. The molecule has 3 N–H and O–H groups in total. The summed E-state index contributed by atoms with van der Waals surface area (Å²) in [5.74, 6) is -0.359. The van der Waals surface area contributed by atoms with Gasteiger partial charge in [-0.15, -0.1) is 0 Å². The van der Waals surface area contributed by atoms with E-state index in [9.17, 15) is 19.4 Å². The largest absolute Gasteiger partial charge is 0.508 e. The topological polar surface area (TPSA) is 111 Å². The molecule has 40 heavy (non-hydrogen) atoms. The number of aromatic hydroxyl groups is 1. The maximum Gasteiger partial charge on any atom is 0.318 e. The third-order valence-corrected chi connectivity index (χ3v) is 9.33. The monoisotopic (exact) mass is 547 g/mol. The van der Waals surface area contributed by atoms with E-state index in [1.165, 1.54) is 17.0 Å². The summed E-state index contributed by atoms with van der Waals surface area (Å²) >= 11 is 0. The van der Waals surface area contributed by atoms with E-state index in [1.54, 1.807) is 12.1 Å². The molecule has 1 saturated carbocycles. The average Bonchev–Trinajstić information content (AvgIpc) is 3.24. The Labute approximate surface area is 232 Å². The van der Waals surface area contributed by atoms with Crippen molar-refractivity contribution in [1.29, 1.82) is 0 Å². The molecule has 2 saturated heterocycles. The lowest BCUT2D eigenvalue weighted by Gasteiger charge is -2.31. The number of nitrogens with one attached hydrogen (secondary N) is 1. The van der Waals surface area contributed by atoms with Crippen LogP contribution in [0.3, 0.4) is 0 Å². The number of ether oxygens (including phenoxy) is 1. The SMILES string of the molecule is CCc1c(F)ccc2cc(O)cc(N3Cc4nc(OCC56CCCN5CCC6)nc(NC5(CO)CC5)c4C3=O)c12. The molecular weight excluding hydrogens is 513 g/mol. The molecule has 0 spiro atoms. The van der Waals surface area contributed by atoms with E-state index in [1.807, 2.05) is 6.92 Å². The van der Waals surface area contributed by atoms with E-state index in [-0.39, 0.29) is 42.2 Å². The first-order valence-electron chi connectivity index (χ1n) is 14.3. The number of hydrogen-bond donors (Lipinski definition) is 3. The van der Waals surface area contributed by atoms with Crippen molar-refractivity contribution in [2.45, 2.75) is 69.5 Å². The van der Waals surface area contributed by atoms with Crippen molar-refractivity contribution in [2.75, 3.05) is 36.5 Å². The normalized spacial score (nSPS) is 20.7.